The monoisotopic (exact) mass is 245 g/mol. The first-order chi connectivity index (χ1) is 7.24. The highest BCUT2D eigenvalue weighted by molar-refractivity contribution is 7.87. The minimum absolute atomic E-state index is 0.00101. The van der Waals surface area contributed by atoms with Crippen molar-refractivity contribution >= 4 is 10.2 Å². The molecule has 0 spiro atoms. The number of nitrogens with zero attached hydrogens (tertiary/aromatic N) is 2. The Morgan fingerprint density at radius 1 is 1.31 bits per heavy atom. The van der Waals surface area contributed by atoms with Crippen LogP contribution >= 0.6 is 0 Å². The standard InChI is InChI=1S/C10H19N3O2S/c1-10(2,3)12-16(14,15)13-6-4-9(8-11)5-7-13/h9,12H,4-7H2,1-3H3. The summed E-state index contributed by atoms with van der Waals surface area (Å²) in [5.74, 6) is 0.00101. The zero-order valence-electron chi connectivity index (χ0n) is 10.0. The van der Waals surface area contributed by atoms with Crippen LogP contribution in [0.25, 0.3) is 0 Å². The normalized spacial score (nSPS) is 20.6. The summed E-state index contributed by atoms with van der Waals surface area (Å²) in [5.41, 5.74) is -0.467. The van der Waals surface area contributed by atoms with Crippen molar-refractivity contribution in [3.05, 3.63) is 0 Å². The van der Waals surface area contributed by atoms with E-state index < -0.39 is 15.7 Å². The van der Waals surface area contributed by atoms with Crippen LogP contribution in [0.5, 0.6) is 0 Å². The Bertz CT molecular complexity index is 370. The van der Waals surface area contributed by atoms with Crippen LogP contribution in [-0.4, -0.2) is 31.4 Å². The first-order valence-corrected chi connectivity index (χ1v) is 6.87. The molecule has 0 bridgehead atoms. The predicted molar refractivity (Wildman–Crippen MR) is 61.7 cm³/mol. The quantitative estimate of drug-likeness (QED) is 0.784. The van der Waals surface area contributed by atoms with E-state index in [1.54, 1.807) is 0 Å². The molecule has 6 heteroatoms. The molecule has 0 amide bonds. The Hall–Kier alpha value is -0.640. The van der Waals surface area contributed by atoms with E-state index in [2.05, 4.69) is 10.8 Å². The SMILES string of the molecule is CC(C)(C)NS(=O)(=O)N1CCC(C#N)CC1. The summed E-state index contributed by atoms with van der Waals surface area (Å²) in [5, 5.41) is 8.73. The van der Waals surface area contributed by atoms with Gasteiger partial charge in [-0.2, -0.15) is 22.7 Å². The summed E-state index contributed by atoms with van der Waals surface area (Å²) in [7, 11) is -3.40. The van der Waals surface area contributed by atoms with Crippen molar-refractivity contribution in [2.75, 3.05) is 13.1 Å². The largest absolute Gasteiger partial charge is 0.279 e. The molecule has 0 atom stereocenters. The van der Waals surface area contributed by atoms with Gasteiger partial charge in [-0.3, -0.25) is 0 Å². The Kier molecular flexibility index (Phi) is 3.94. The van der Waals surface area contributed by atoms with Crippen LogP contribution < -0.4 is 4.72 Å². The van der Waals surface area contributed by atoms with Gasteiger partial charge in [0.2, 0.25) is 0 Å². The highest BCUT2D eigenvalue weighted by Crippen LogP contribution is 2.19. The molecule has 1 fully saturated rings. The summed E-state index contributed by atoms with van der Waals surface area (Å²) in [4.78, 5) is 0. The minimum Gasteiger partial charge on any atom is -0.198 e. The van der Waals surface area contributed by atoms with E-state index in [-0.39, 0.29) is 5.92 Å². The average Bonchev–Trinajstić information content (AvgIpc) is 2.14. The summed E-state index contributed by atoms with van der Waals surface area (Å²) in [6.45, 7) is 6.30. The van der Waals surface area contributed by atoms with Gasteiger partial charge in [-0.25, -0.2) is 0 Å². The Morgan fingerprint density at radius 3 is 2.19 bits per heavy atom. The third kappa shape index (κ3) is 3.74. The first-order valence-electron chi connectivity index (χ1n) is 5.43. The van der Waals surface area contributed by atoms with Gasteiger partial charge in [-0.15, -0.1) is 0 Å². The second-order valence-corrected chi connectivity index (χ2v) is 6.83. The molecule has 0 aromatic carbocycles. The van der Waals surface area contributed by atoms with Crippen LogP contribution in [0.15, 0.2) is 0 Å². The van der Waals surface area contributed by atoms with Gasteiger partial charge in [-0.1, -0.05) is 0 Å². The number of hydrogen-bond acceptors (Lipinski definition) is 3. The second-order valence-electron chi connectivity index (χ2n) is 5.16. The zero-order valence-corrected chi connectivity index (χ0v) is 10.8. The van der Waals surface area contributed by atoms with Gasteiger partial charge in [0.15, 0.2) is 0 Å². The first kappa shape index (κ1) is 13.4. The number of rotatable bonds is 2. The van der Waals surface area contributed by atoms with Gasteiger partial charge >= 0.3 is 0 Å². The summed E-state index contributed by atoms with van der Waals surface area (Å²) in [6, 6.07) is 2.18. The fourth-order valence-corrected chi connectivity index (χ4v) is 3.27. The maximum absolute atomic E-state index is 11.9. The average molecular weight is 245 g/mol. The Balaban J connectivity index is 2.63. The van der Waals surface area contributed by atoms with Crippen molar-refractivity contribution < 1.29 is 8.42 Å². The highest BCUT2D eigenvalue weighted by atomic mass is 32.2. The summed E-state index contributed by atoms with van der Waals surface area (Å²) < 4.78 is 27.9. The molecular formula is C10H19N3O2S. The van der Waals surface area contributed by atoms with E-state index in [0.717, 1.165) is 0 Å². The number of hydrogen-bond donors (Lipinski definition) is 1. The summed E-state index contributed by atoms with van der Waals surface area (Å²) >= 11 is 0. The molecule has 1 aliphatic heterocycles. The van der Waals surface area contributed by atoms with Crippen molar-refractivity contribution in [2.24, 2.45) is 5.92 Å². The van der Waals surface area contributed by atoms with Gasteiger partial charge in [0, 0.05) is 24.5 Å². The van der Waals surface area contributed by atoms with Gasteiger partial charge in [0.1, 0.15) is 0 Å². The number of nitriles is 1. The molecule has 0 unspecified atom stereocenters. The fourth-order valence-electron chi connectivity index (χ4n) is 1.68. The topological polar surface area (TPSA) is 73.2 Å². The van der Waals surface area contributed by atoms with Crippen LogP contribution in [0.4, 0.5) is 0 Å². The molecular weight excluding hydrogens is 226 g/mol. The molecule has 0 aromatic heterocycles. The van der Waals surface area contributed by atoms with Crippen LogP contribution in [0.3, 0.4) is 0 Å². The van der Waals surface area contributed by atoms with E-state index in [9.17, 15) is 8.42 Å². The molecule has 92 valence electrons. The zero-order chi connectivity index (χ0) is 12.4. The molecule has 1 rings (SSSR count). The molecule has 16 heavy (non-hydrogen) atoms. The maximum Gasteiger partial charge on any atom is 0.279 e. The van der Waals surface area contributed by atoms with Gasteiger partial charge in [0.25, 0.3) is 10.2 Å². The fraction of sp³-hybridized carbons (Fsp3) is 0.900. The number of piperidine rings is 1. The Morgan fingerprint density at radius 2 is 1.81 bits per heavy atom. The lowest BCUT2D eigenvalue weighted by Crippen LogP contribution is -2.50. The van der Waals surface area contributed by atoms with Crippen molar-refractivity contribution in [1.82, 2.24) is 9.03 Å². The maximum atomic E-state index is 11.9. The third-order valence-corrected chi connectivity index (χ3v) is 4.33. The van der Waals surface area contributed by atoms with Crippen LogP contribution in [0.2, 0.25) is 0 Å². The van der Waals surface area contributed by atoms with Crippen LogP contribution in [0.1, 0.15) is 33.6 Å². The minimum atomic E-state index is -3.40. The van der Waals surface area contributed by atoms with E-state index in [4.69, 9.17) is 5.26 Å². The van der Waals surface area contributed by atoms with Crippen molar-refractivity contribution in [3.8, 4) is 6.07 Å². The van der Waals surface area contributed by atoms with Crippen LogP contribution in [0, 0.1) is 17.2 Å². The van der Waals surface area contributed by atoms with E-state index in [1.165, 1.54) is 4.31 Å². The lowest BCUT2D eigenvalue weighted by atomic mass is 10.0. The molecule has 0 saturated carbocycles. The van der Waals surface area contributed by atoms with E-state index in [1.807, 2.05) is 20.8 Å². The van der Waals surface area contributed by atoms with Gasteiger partial charge in [-0.05, 0) is 33.6 Å². The Labute approximate surface area is 97.6 Å². The highest BCUT2D eigenvalue weighted by Gasteiger charge is 2.30. The third-order valence-electron chi connectivity index (χ3n) is 2.41. The lowest BCUT2D eigenvalue weighted by molar-refractivity contribution is 0.300. The molecule has 5 nitrogen and oxygen atoms in total. The molecule has 1 heterocycles. The molecule has 1 N–H and O–H groups in total. The molecule has 0 radical (unpaired) electrons. The van der Waals surface area contributed by atoms with Crippen molar-refractivity contribution in [3.63, 3.8) is 0 Å². The predicted octanol–water partition coefficient (Wildman–Crippen LogP) is 0.855. The van der Waals surface area contributed by atoms with E-state index in [0.29, 0.717) is 25.9 Å². The van der Waals surface area contributed by atoms with E-state index >= 15 is 0 Å². The molecule has 0 aromatic rings. The molecule has 0 aliphatic carbocycles. The lowest BCUT2D eigenvalue weighted by Gasteiger charge is -2.31. The van der Waals surface area contributed by atoms with Gasteiger partial charge in [0.05, 0.1) is 6.07 Å². The smallest absolute Gasteiger partial charge is 0.198 e. The van der Waals surface area contributed by atoms with Crippen LogP contribution in [-0.2, 0) is 10.2 Å². The van der Waals surface area contributed by atoms with Gasteiger partial charge < -0.3 is 0 Å². The van der Waals surface area contributed by atoms with Crippen molar-refractivity contribution in [1.29, 1.82) is 5.26 Å². The number of nitrogens with one attached hydrogen (secondary N) is 1. The second kappa shape index (κ2) is 4.70. The molecule has 1 saturated heterocycles. The molecule has 1 aliphatic rings. The summed E-state index contributed by atoms with van der Waals surface area (Å²) in [6.07, 6.45) is 1.25. The van der Waals surface area contributed by atoms with Crippen molar-refractivity contribution in [2.45, 2.75) is 39.2 Å².